The van der Waals surface area contributed by atoms with E-state index in [9.17, 15) is 35.1 Å². The van der Waals surface area contributed by atoms with Crippen LogP contribution >= 0.6 is 0 Å². The van der Waals surface area contributed by atoms with Crippen molar-refractivity contribution in [3.05, 3.63) is 54.3 Å². The molecule has 0 saturated carbocycles. The first kappa shape index (κ1) is 31.1. The summed E-state index contributed by atoms with van der Waals surface area (Å²) in [6.45, 7) is 3.24. The van der Waals surface area contributed by atoms with E-state index in [0.29, 0.717) is 12.8 Å². The molecule has 0 unspecified atom stereocenters. The van der Waals surface area contributed by atoms with E-state index in [1.54, 1.807) is 12.1 Å². The van der Waals surface area contributed by atoms with Crippen LogP contribution in [-0.2, 0) is 39.7 Å². The van der Waals surface area contributed by atoms with Crippen LogP contribution in [0.15, 0.2) is 48.8 Å². The van der Waals surface area contributed by atoms with Crippen molar-refractivity contribution in [3.8, 4) is 5.75 Å². The maximum absolute atomic E-state index is 12.7. The van der Waals surface area contributed by atoms with Crippen LogP contribution in [-0.4, -0.2) is 100 Å². The van der Waals surface area contributed by atoms with Crippen LogP contribution in [0, 0.1) is 11.8 Å². The molecule has 1 aromatic rings. The van der Waals surface area contributed by atoms with Crippen LogP contribution in [0.25, 0.3) is 0 Å². The molecule has 3 aliphatic heterocycles. The van der Waals surface area contributed by atoms with E-state index < -0.39 is 67.5 Å². The number of aryl methyl sites for hydroxylation is 1. The Hall–Kier alpha value is -2.84. The lowest BCUT2D eigenvalue weighted by atomic mass is 9.78. The predicted octanol–water partition coefficient (Wildman–Crippen LogP) is 0.480. The highest BCUT2D eigenvalue weighted by molar-refractivity contribution is 5.89. The van der Waals surface area contributed by atoms with Gasteiger partial charge in [0.2, 0.25) is 6.29 Å². The van der Waals surface area contributed by atoms with Crippen molar-refractivity contribution in [1.82, 2.24) is 0 Å². The Balaban J connectivity index is 1.48. The summed E-state index contributed by atoms with van der Waals surface area (Å²) >= 11 is 0. The fourth-order valence-corrected chi connectivity index (χ4v) is 5.57. The molecule has 0 radical (unpaired) electrons. The van der Waals surface area contributed by atoms with Crippen molar-refractivity contribution >= 4 is 11.8 Å². The summed E-state index contributed by atoms with van der Waals surface area (Å²) in [5, 5.41) is 49.7. The number of ether oxygens (including phenoxy) is 5. The second-order valence-electron chi connectivity index (χ2n) is 10.6. The lowest BCUT2D eigenvalue weighted by Crippen LogP contribution is -2.60. The van der Waals surface area contributed by atoms with E-state index in [1.807, 2.05) is 12.1 Å². The molecule has 0 bridgehead atoms. The Morgan fingerprint density at radius 2 is 1.76 bits per heavy atom. The van der Waals surface area contributed by atoms with Gasteiger partial charge in [0.15, 0.2) is 6.29 Å². The van der Waals surface area contributed by atoms with Gasteiger partial charge in [0.05, 0.1) is 37.8 Å². The average molecular weight is 579 g/mol. The van der Waals surface area contributed by atoms with Gasteiger partial charge in [-0.25, -0.2) is 4.79 Å². The van der Waals surface area contributed by atoms with Gasteiger partial charge < -0.3 is 49.2 Å². The number of hydrogen-bond acceptors (Lipinski definition) is 12. The zero-order valence-corrected chi connectivity index (χ0v) is 22.8. The first-order valence-corrected chi connectivity index (χ1v) is 13.6. The largest absolute Gasteiger partial charge is 0.508 e. The molecule has 3 aliphatic rings. The molecule has 226 valence electrons. The highest BCUT2D eigenvalue weighted by Gasteiger charge is 2.48. The first-order valence-electron chi connectivity index (χ1n) is 13.6. The summed E-state index contributed by atoms with van der Waals surface area (Å²) in [5.74, 6) is -1.74. The Labute approximate surface area is 237 Å². The quantitative estimate of drug-likeness (QED) is 0.192. The smallest absolute Gasteiger partial charge is 0.337 e. The number of aliphatic hydroxyl groups excluding tert-OH is 4. The maximum Gasteiger partial charge on any atom is 0.337 e. The fourth-order valence-electron chi connectivity index (χ4n) is 5.57. The van der Waals surface area contributed by atoms with Crippen molar-refractivity contribution in [2.75, 3.05) is 13.7 Å². The molecule has 10 atom stereocenters. The van der Waals surface area contributed by atoms with Gasteiger partial charge in [-0.1, -0.05) is 18.2 Å². The van der Waals surface area contributed by atoms with Crippen molar-refractivity contribution in [2.24, 2.45) is 11.8 Å². The first-order chi connectivity index (χ1) is 19.6. The third kappa shape index (κ3) is 7.33. The molecule has 0 aliphatic carbocycles. The van der Waals surface area contributed by atoms with Gasteiger partial charge in [-0.15, -0.1) is 6.58 Å². The minimum Gasteiger partial charge on any atom is -0.508 e. The van der Waals surface area contributed by atoms with Crippen LogP contribution in [0.1, 0.15) is 31.2 Å². The van der Waals surface area contributed by atoms with Gasteiger partial charge >= 0.3 is 5.97 Å². The molecule has 12 heteroatoms. The van der Waals surface area contributed by atoms with Crippen molar-refractivity contribution in [3.63, 3.8) is 0 Å². The average Bonchev–Trinajstić information content (AvgIpc) is 2.96. The Kier molecular flexibility index (Phi) is 10.5. The summed E-state index contributed by atoms with van der Waals surface area (Å²) in [7, 11) is 1.24. The molecule has 0 aromatic heterocycles. The molecule has 0 amide bonds. The number of phenolic OH excluding ortho intramolecular Hbond substituents is 1. The second-order valence-corrected chi connectivity index (χ2v) is 10.6. The van der Waals surface area contributed by atoms with Gasteiger partial charge in [0, 0.05) is 24.7 Å². The molecule has 0 spiro atoms. The van der Waals surface area contributed by atoms with Gasteiger partial charge in [-0.2, -0.15) is 0 Å². The lowest BCUT2D eigenvalue weighted by Gasteiger charge is -2.43. The molecule has 2 fully saturated rings. The highest BCUT2D eigenvalue weighted by atomic mass is 16.8. The topological polar surface area (TPSA) is 181 Å². The fraction of sp³-hybridized carbons (Fsp3) is 0.586. The number of esters is 1. The number of aliphatic hydroxyl groups is 4. The Bertz CT molecular complexity index is 1090. The van der Waals surface area contributed by atoms with Crippen molar-refractivity contribution < 1.29 is 58.8 Å². The highest BCUT2D eigenvalue weighted by Crippen LogP contribution is 2.39. The van der Waals surface area contributed by atoms with E-state index in [4.69, 9.17) is 23.7 Å². The SMILES string of the molecule is C=C[C@H]1[C@H](O[C@@H]2O[C@@H](CO)[C@@H](O)[C@@H](O)[C@H]2O)OC=C(C(=O)OC)[C@H]1C[C@H]1CC(=O)C[C@H](CCc2ccc(O)cc2)O1. The van der Waals surface area contributed by atoms with Crippen LogP contribution in [0.5, 0.6) is 5.75 Å². The third-order valence-corrected chi connectivity index (χ3v) is 7.82. The van der Waals surface area contributed by atoms with Crippen LogP contribution in [0.3, 0.4) is 0 Å². The number of Topliss-reactive ketones (excluding diaryl/α,β-unsaturated/α-hetero) is 1. The van der Waals surface area contributed by atoms with Crippen LogP contribution in [0.2, 0.25) is 0 Å². The predicted molar refractivity (Wildman–Crippen MR) is 141 cm³/mol. The second kappa shape index (κ2) is 13.9. The number of ketones is 1. The number of methoxy groups -OCH3 is 1. The standard InChI is InChI=1S/C29H38O12/c1-3-20-21(12-19-11-17(32)10-18(39-19)9-6-15-4-7-16(31)8-5-15)22(27(36)37-2)14-38-28(20)41-29-26(35)25(34)24(33)23(13-30)40-29/h3-5,7-8,14,18-21,23-26,28-31,33-35H,1,6,9-13H2,2H3/t18-,19+,20+,21-,23-,24+,25+,26+,28-,29-/m0/s1. The van der Waals surface area contributed by atoms with Crippen molar-refractivity contribution in [2.45, 2.75) is 81.3 Å². The number of phenols is 1. The number of carbonyl (C=O) groups is 2. The van der Waals surface area contributed by atoms with E-state index in [2.05, 4.69) is 6.58 Å². The van der Waals surface area contributed by atoms with E-state index in [0.717, 1.165) is 5.56 Å². The molecule has 5 N–H and O–H groups in total. The van der Waals surface area contributed by atoms with Crippen LogP contribution in [0.4, 0.5) is 0 Å². The molecule has 41 heavy (non-hydrogen) atoms. The number of aromatic hydroxyl groups is 1. The summed E-state index contributed by atoms with van der Waals surface area (Å²) < 4.78 is 28.2. The number of benzene rings is 1. The molecular formula is C29H38O12. The molecule has 4 rings (SSSR count). The van der Waals surface area contributed by atoms with E-state index in [1.165, 1.54) is 19.4 Å². The molecular weight excluding hydrogens is 540 g/mol. The summed E-state index contributed by atoms with van der Waals surface area (Å²) in [5.41, 5.74) is 1.19. The Morgan fingerprint density at radius 1 is 1.05 bits per heavy atom. The zero-order valence-electron chi connectivity index (χ0n) is 22.8. The van der Waals surface area contributed by atoms with Crippen molar-refractivity contribution in [1.29, 1.82) is 0 Å². The molecule has 3 heterocycles. The van der Waals surface area contributed by atoms with Gasteiger partial charge in [0.25, 0.3) is 0 Å². The third-order valence-electron chi connectivity index (χ3n) is 7.82. The summed E-state index contributed by atoms with van der Waals surface area (Å²) in [4.78, 5) is 25.4. The van der Waals surface area contributed by atoms with Gasteiger partial charge in [-0.3, -0.25) is 4.79 Å². The van der Waals surface area contributed by atoms with Gasteiger partial charge in [0.1, 0.15) is 35.9 Å². The van der Waals surface area contributed by atoms with E-state index >= 15 is 0 Å². The molecule has 1 aromatic carbocycles. The molecule has 2 saturated heterocycles. The lowest BCUT2D eigenvalue weighted by molar-refractivity contribution is -0.339. The zero-order chi connectivity index (χ0) is 29.7. The number of carbonyl (C=O) groups excluding carboxylic acids is 2. The summed E-state index contributed by atoms with van der Waals surface area (Å²) in [6, 6.07) is 6.85. The monoisotopic (exact) mass is 578 g/mol. The minimum atomic E-state index is -1.65. The summed E-state index contributed by atoms with van der Waals surface area (Å²) in [6.07, 6.45) is -4.88. The molecule has 12 nitrogen and oxygen atoms in total. The Morgan fingerprint density at radius 3 is 2.41 bits per heavy atom. The number of hydrogen-bond donors (Lipinski definition) is 5. The van der Waals surface area contributed by atoms with Gasteiger partial charge in [-0.05, 0) is 37.0 Å². The normalized spacial score (nSPS) is 35.7. The maximum atomic E-state index is 12.7. The minimum absolute atomic E-state index is 0.0388. The van der Waals surface area contributed by atoms with Crippen LogP contribution < -0.4 is 0 Å². The van der Waals surface area contributed by atoms with E-state index in [-0.39, 0.29) is 42.5 Å². The number of rotatable bonds is 10.